The molecule has 0 radical (unpaired) electrons. The van der Waals surface area contributed by atoms with E-state index in [0.717, 1.165) is 16.6 Å². The van der Waals surface area contributed by atoms with Crippen LogP contribution in [0.1, 0.15) is 21.7 Å². The Morgan fingerprint density at radius 3 is 2.59 bits per heavy atom. The molecular formula is C27H19Cl2N3O4S. The SMILES string of the molecule is Cc1cc(C)c2oc(-c3ccc(NC(=S)NC(=O)c4ccc(-c5cccc(Cl)c5Cl)o4)cc3O)nc2c1. The third kappa shape index (κ3) is 5.04. The number of furan rings is 1. The molecule has 10 heteroatoms. The minimum Gasteiger partial charge on any atom is -0.507 e. The van der Waals surface area contributed by atoms with Gasteiger partial charge in [-0.15, -0.1) is 0 Å². The third-order valence-electron chi connectivity index (χ3n) is 5.58. The Kier molecular flexibility index (Phi) is 6.64. The fourth-order valence-electron chi connectivity index (χ4n) is 3.91. The summed E-state index contributed by atoms with van der Waals surface area (Å²) in [6.45, 7) is 3.93. The van der Waals surface area contributed by atoms with Crippen molar-refractivity contribution >= 4 is 63.2 Å². The number of phenols is 1. The number of anilines is 1. The molecule has 37 heavy (non-hydrogen) atoms. The zero-order valence-corrected chi connectivity index (χ0v) is 21.9. The van der Waals surface area contributed by atoms with Crippen LogP contribution in [0, 0.1) is 13.8 Å². The van der Waals surface area contributed by atoms with Crippen molar-refractivity contribution in [2.24, 2.45) is 0 Å². The summed E-state index contributed by atoms with van der Waals surface area (Å²) in [5.74, 6) is 0.113. The van der Waals surface area contributed by atoms with Crippen LogP contribution in [0.2, 0.25) is 10.0 Å². The molecule has 0 aliphatic rings. The van der Waals surface area contributed by atoms with Gasteiger partial charge in [0.15, 0.2) is 16.5 Å². The Balaban J connectivity index is 1.28. The van der Waals surface area contributed by atoms with Crippen LogP contribution in [0.25, 0.3) is 33.9 Å². The summed E-state index contributed by atoms with van der Waals surface area (Å²) in [5, 5.41) is 16.8. The van der Waals surface area contributed by atoms with Crippen LogP contribution in [0.3, 0.4) is 0 Å². The number of aryl methyl sites for hydroxylation is 2. The van der Waals surface area contributed by atoms with E-state index in [9.17, 15) is 9.90 Å². The van der Waals surface area contributed by atoms with Gasteiger partial charge in [-0.3, -0.25) is 10.1 Å². The standard InChI is InChI=1S/C27H19Cl2N3O4S/c1-13-10-14(2)24-19(11-13)31-26(36-24)16-7-6-15(12-20(16)33)30-27(37)32-25(34)22-9-8-21(35-22)17-4-3-5-18(28)23(17)29/h3-12,33H,1-2H3,(H2,30,32,34,37). The van der Waals surface area contributed by atoms with E-state index in [4.69, 9.17) is 44.3 Å². The molecule has 5 rings (SSSR count). The fraction of sp³-hybridized carbons (Fsp3) is 0.0741. The molecule has 2 aromatic heterocycles. The average Bonchev–Trinajstić information content (AvgIpc) is 3.49. The third-order valence-corrected chi connectivity index (χ3v) is 6.60. The molecule has 0 saturated carbocycles. The normalized spacial score (nSPS) is 11.0. The smallest absolute Gasteiger partial charge is 0.293 e. The number of oxazole rings is 1. The molecule has 3 aromatic carbocycles. The lowest BCUT2D eigenvalue weighted by molar-refractivity contribution is 0.0951. The molecule has 3 N–H and O–H groups in total. The summed E-state index contributed by atoms with van der Waals surface area (Å²) < 4.78 is 11.5. The largest absolute Gasteiger partial charge is 0.507 e. The molecule has 0 saturated heterocycles. The second-order valence-electron chi connectivity index (χ2n) is 8.35. The Bertz CT molecular complexity index is 1690. The van der Waals surface area contributed by atoms with Gasteiger partial charge < -0.3 is 19.3 Å². The maximum atomic E-state index is 12.6. The van der Waals surface area contributed by atoms with E-state index >= 15 is 0 Å². The Morgan fingerprint density at radius 2 is 1.81 bits per heavy atom. The number of nitrogens with one attached hydrogen (secondary N) is 2. The molecule has 2 heterocycles. The second-order valence-corrected chi connectivity index (χ2v) is 9.55. The molecule has 5 aromatic rings. The summed E-state index contributed by atoms with van der Waals surface area (Å²) in [6, 6.07) is 17.0. The number of rotatable bonds is 4. The van der Waals surface area contributed by atoms with E-state index < -0.39 is 5.91 Å². The van der Waals surface area contributed by atoms with Gasteiger partial charge in [0.1, 0.15) is 17.0 Å². The summed E-state index contributed by atoms with van der Waals surface area (Å²) >= 11 is 17.5. The first-order valence-electron chi connectivity index (χ1n) is 11.1. The number of amides is 1. The maximum absolute atomic E-state index is 12.6. The molecule has 0 aliphatic heterocycles. The Morgan fingerprint density at radius 1 is 1.00 bits per heavy atom. The van der Waals surface area contributed by atoms with Crippen molar-refractivity contribution in [2.75, 3.05) is 5.32 Å². The van der Waals surface area contributed by atoms with Crippen molar-refractivity contribution in [3.63, 3.8) is 0 Å². The van der Waals surface area contributed by atoms with Crippen molar-refractivity contribution in [3.8, 4) is 28.5 Å². The summed E-state index contributed by atoms with van der Waals surface area (Å²) in [4.78, 5) is 17.1. The number of halogens is 2. The van der Waals surface area contributed by atoms with E-state index in [0.29, 0.717) is 44.1 Å². The van der Waals surface area contributed by atoms with Gasteiger partial charge in [0, 0.05) is 17.3 Å². The number of hydrogen-bond acceptors (Lipinski definition) is 6. The minimum absolute atomic E-state index is 0.0175. The highest BCUT2D eigenvalue weighted by molar-refractivity contribution is 7.80. The number of hydrogen-bond donors (Lipinski definition) is 3. The lowest BCUT2D eigenvalue weighted by Gasteiger charge is -2.10. The Labute approximate surface area is 227 Å². The molecule has 186 valence electrons. The molecule has 0 aliphatic carbocycles. The number of nitrogens with zero attached hydrogens (tertiary/aromatic N) is 1. The van der Waals surface area contributed by atoms with E-state index in [1.807, 2.05) is 26.0 Å². The van der Waals surface area contributed by atoms with Gasteiger partial charge in [-0.2, -0.15) is 0 Å². The summed E-state index contributed by atoms with van der Waals surface area (Å²) in [6.07, 6.45) is 0. The first-order valence-corrected chi connectivity index (χ1v) is 12.2. The summed E-state index contributed by atoms with van der Waals surface area (Å²) in [7, 11) is 0. The van der Waals surface area contributed by atoms with Gasteiger partial charge in [-0.1, -0.05) is 35.3 Å². The topological polar surface area (TPSA) is 101 Å². The number of aromatic nitrogens is 1. The monoisotopic (exact) mass is 551 g/mol. The predicted octanol–water partition coefficient (Wildman–Crippen LogP) is 7.51. The molecule has 0 spiro atoms. The van der Waals surface area contributed by atoms with Crippen LogP contribution in [0.5, 0.6) is 5.75 Å². The van der Waals surface area contributed by atoms with Gasteiger partial charge in [-0.05, 0) is 79.7 Å². The quantitative estimate of drug-likeness (QED) is 0.198. The highest BCUT2D eigenvalue weighted by Gasteiger charge is 2.18. The van der Waals surface area contributed by atoms with Gasteiger partial charge in [0.25, 0.3) is 5.91 Å². The number of fused-ring (bicyclic) bond motifs is 1. The van der Waals surface area contributed by atoms with Gasteiger partial charge >= 0.3 is 0 Å². The number of thiocarbonyl (C=S) groups is 1. The van der Waals surface area contributed by atoms with Gasteiger partial charge in [0.2, 0.25) is 5.89 Å². The lowest BCUT2D eigenvalue weighted by Crippen LogP contribution is -2.33. The van der Waals surface area contributed by atoms with Crippen molar-refractivity contribution in [3.05, 3.63) is 87.6 Å². The number of aromatic hydroxyl groups is 1. The predicted molar refractivity (Wildman–Crippen MR) is 148 cm³/mol. The molecule has 7 nitrogen and oxygen atoms in total. The number of carbonyl (C=O) groups is 1. The van der Waals surface area contributed by atoms with Crippen LogP contribution < -0.4 is 10.6 Å². The Hall–Kier alpha value is -3.85. The van der Waals surface area contributed by atoms with E-state index in [1.54, 1.807) is 36.4 Å². The molecule has 0 atom stereocenters. The van der Waals surface area contributed by atoms with Crippen LogP contribution in [0.4, 0.5) is 5.69 Å². The zero-order valence-electron chi connectivity index (χ0n) is 19.6. The van der Waals surface area contributed by atoms with Gasteiger partial charge in [-0.25, -0.2) is 4.98 Å². The average molecular weight is 552 g/mol. The molecule has 0 bridgehead atoms. The molecule has 0 unspecified atom stereocenters. The first-order chi connectivity index (χ1) is 17.7. The number of benzene rings is 3. The second kappa shape index (κ2) is 9.89. The molecular weight excluding hydrogens is 533 g/mol. The van der Waals surface area contributed by atoms with Crippen LogP contribution in [-0.4, -0.2) is 21.1 Å². The zero-order chi connectivity index (χ0) is 26.3. The van der Waals surface area contributed by atoms with Crippen molar-refractivity contribution in [1.29, 1.82) is 0 Å². The van der Waals surface area contributed by atoms with Crippen LogP contribution >= 0.6 is 35.4 Å². The van der Waals surface area contributed by atoms with Crippen LogP contribution in [-0.2, 0) is 0 Å². The first kappa shape index (κ1) is 24.8. The fourth-order valence-corrected chi connectivity index (χ4v) is 4.51. The lowest BCUT2D eigenvalue weighted by atomic mass is 10.1. The minimum atomic E-state index is -0.556. The van der Waals surface area contributed by atoms with E-state index in [2.05, 4.69) is 15.6 Å². The van der Waals surface area contributed by atoms with Crippen molar-refractivity contribution in [1.82, 2.24) is 10.3 Å². The van der Waals surface area contributed by atoms with Gasteiger partial charge in [0.05, 0.1) is 15.6 Å². The molecule has 1 amide bonds. The highest BCUT2D eigenvalue weighted by Crippen LogP contribution is 2.35. The maximum Gasteiger partial charge on any atom is 0.293 e. The van der Waals surface area contributed by atoms with Crippen LogP contribution in [0.15, 0.2) is 69.5 Å². The van der Waals surface area contributed by atoms with E-state index in [-0.39, 0.29) is 16.6 Å². The molecule has 0 fully saturated rings. The highest BCUT2D eigenvalue weighted by atomic mass is 35.5. The van der Waals surface area contributed by atoms with Crippen molar-refractivity contribution < 1.29 is 18.7 Å². The van der Waals surface area contributed by atoms with Crippen molar-refractivity contribution in [2.45, 2.75) is 13.8 Å². The number of carbonyl (C=O) groups excluding carboxylic acids is 1. The van der Waals surface area contributed by atoms with E-state index in [1.165, 1.54) is 12.1 Å². The number of phenolic OH excluding ortho intramolecular Hbond substituents is 1. The summed E-state index contributed by atoms with van der Waals surface area (Å²) in [5.41, 5.74) is 4.88.